The van der Waals surface area contributed by atoms with Crippen LogP contribution < -0.4 is 10.2 Å². The van der Waals surface area contributed by atoms with Crippen LogP contribution in [-0.2, 0) is 14.6 Å². The summed E-state index contributed by atoms with van der Waals surface area (Å²) in [6.07, 6.45) is 1.16. The highest BCUT2D eigenvalue weighted by atomic mass is 32.2. The highest BCUT2D eigenvalue weighted by Crippen LogP contribution is 2.27. The number of nitrogens with zero attached hydrogens (tertiary/aromatic N) is 1. The van der Waals surface area contributed by atoms with E-state index in [4.69, 9.17) is 9.15 Å². The standard InChI is InChI=1S/C26H29NO6S/c1-4-17(2)27(20-12-13-34(30,31)16-20)24(28)15-32-21-10-11-22-23(14-21)33-18(3)25(26(22)29)19-8-6-5-7-9-19/h5-11,14,17,20H,4,12-13,15-16H2,1-3H3/t17-,20-/m1/s1. The van der Waals surface area contributed by atoms with Crippen LogP contribution in [0, 0.1) is 6.92 Å². The van der Waals surface area contributed by atoms with Gasteiger partial charge < -0.3 is 14.1 Å². The van der Waals surface area contributed by atoms with Gasteiger partial charge >= 0.3 is 0 Å². The molecule has 1 fully saturated rings. The molecule has 0 spiro atoms. The molecule has 0 aliphatic carbocycles. The minimum atomic E-state index is -3.12. The molecule has 2 aromatic carbocycles. The Hall–Kier alpha value is -3.13. The summed E-state index contributed by atoms with van der Waals surface area (Å²) in [5, 5.41) is 0.431. The van der Waals surface area contributed by atoms with E-state index in [1.807, 2.05) is 44.2 Å². The zero-order valence-corrected chi connectivity index (χ0v) is 20.4. The molecule has 180 valence electrons. The van der Waals surface area contributed by atoms with Gasteiger partial charge in [-0.05, 0) is 44.4 Å². The van der Waals surface area contributed by atoms with Crippen LogP contribution in [0.4, 0.5) is 0 Å². The molecule has 4 rings (SSSR count). The van der Waals surface area contributed by atoms with Crippen molar-refractivity contribution in [1.29, 1.82) is 0 Å². The average Bonchev–Trinajstić information content (AvgIpc) is 3.17. The van der Waals surface area contributed by atoms with E-state index >= 15 is 0 Å². The van der Waals surface area contributed by atoms with Gasteiger partial charge in [0.15, 0.2) is 16.4 Å². The molecule has 2 heterocycles. The molecule has 0 bridgehead atoms. The van der Waals surface area contributed by atoms with Crippen LogP contribution in [-0.4, -0.2) is 49.4 Å². The Balaban J connectivity index is 1.55. The number of amides is 1. The Morgan fingerprint density at radius 2 is 1.94 bits per heavy atom. The van der Waals surface area contributed by atoms with E-state index in [-0.39, 0.29) is 41.5 Å². The Kier molecular flexibility index (Phi) is 6.79. The van der Waals surface area contributed by atoms with Crippen LogP contribution in [0.3, 0.4) is 0 Å². The summed E-state index contributed by atoms with van der Waals surface area (Å²) < 4.78 is 35.6. The Morgan fingerprint density at radius 3 is 2.59 bits per heavy atom. The van der Waals surface area contributed by atoms with Crippen molar-refractivity contribution in [3.8, 4) is 16.9 Å². The number of fused-ring (bicyclic) bond motifs is 1. The smallest absolute Gasteiger partial charge is 0.261 e. The summed E-state index contributed by atoms with van der Waals surface area (Å²) in [5.41, 5.74) is 1.57. The topological polar surface area (TPSA) is 93.9 Å². The van der Waals surface area contributed by atoms with E-state index in [1.165, 1.54) is 0 Å². The summed E-state index contributed by atoms with van der Waals surface area (Å²) in [5.74, 6) is 0.745. The lowest BCUT2D eigenvalue weighted by Gasteiger charge is -2.33. The van der Waals surface area contributed by atoms with Crippen LogP contribution in [0.1, 0.15) is 32.4 Å². The molecule has 0 N–H and O–H groups in total. The molecule has 7 nitrogen and oxygen atoms in total. The molecule has 1 aliphatic heterocycles. The lowest BCUT2D eigenvalue weighted by atomic mass is 10.0. The molecular weight excluding hydrogens is 454 g/mol. The van der Waals surface area contributed by atoms with Crippen LogP contribution in [0.15, 0.2) is 57.7 Å². The number of ether oxygens (including phenoxy) is 1. The molecule has 0 unspecified atom stereocenters. The van der Waals surface area contributed by atoms with Crippen LogP contribution >= 0.6 is 0 Å². The Labute approximate surface area is 199 Å². The molecule has 1 saturated heterocycles. The largest absolute Gasteiger partial charge is 0.484 e. The second-order valence-electron chi connectivity index (χ2n) is 8.79. The first kappa shape index (κ1) is 24.0. The number of carbonyl (C=O) groups excluding carboxylic acids is 1. The molecule has 34 heavy (non-hydrogen) atoms. The van der Waals surface area contributed by atoms with Crippen LogP contribution in [0.5, 0.6) is 5.75 Å². The van der Waals surface area contributed by atoms with Crippen molar-refractivity contribution in [1.82, 2.24) is 4.90 Å². The van der Waals surface area contributed by atoms with Gasteiger partial charge in [0.2, 0.25) is 5.43 Å². The minimum absolute atomic E-state index is 0.00671. The molecule has 1 amide bonds. The molecule has 8 heteroatoms. The van der Waals surface area contributed by atoms with Gasteiger partial charge in [0, 0.05) is 18.2 Å². The van der Waals surface area contributed by atoms with E-state index in [9.17, 15) is 18.0 Å². The monoisotopic (exact) mass is 483 g/mol. The fourth-order valence-electron chi connectivity index (χ4n) is 4.53. The molecule has 3 aromatic rings. The highest BCUT2D eigenvalue weighted by molar-refractivity contribution is 7.91. The van der Waals surface area contributed by atoms with Crippen molar-refractivity contribution in [2.45, 2.75) is 45.7 Å². The SMILES string of the molecule is CC[C@@H](C)N(C(=O)COc1ccc2c(=O)c(-c3ccccc3)c(C)oc2c1)[C@@H]1CCS(=O)(=O)C1. The Morgan fingerprint density at radius 1 is 1.21 bits per heavy atom. The normalized spacial score (nSPS) is 18.0. The predicted octanol–water partition coefficient (Wildman–Crippen LogP) is 3.96. The number of carbonyl (C=O) groups is 1. The van der Waals surface area contributed by atoms with E-state index in [2.05, 4.69) is 0 Å². The third kappa shape index (κ3) is 4.87. The third-order valence-corrected chi connectivity index (χ3v) is 8.17. The lowest BCUT2D eigenvalue weighted by molar-refractivity contribution is -0.137. The summed E-state index contributed by atoms with van der Waals surface area (Å²) in [7, 11) is -3.12. The van der Waals surface area contributed by atoms with Crippen molar-refractivity contribution in [2.75, 3.05) is 18.1 Å². The van der Waals surface area contributed by atoms with Crippen molar-refractivity contribution >= 4 is 26.7 Å². The van der Waals surface area contributed by atoms with Crippen molar-refractivity contribution in [2.24, 2.45) is 0 Å². The van der Waals surface area contributed by atoms with Gasteiger partial charge in [0.25, 0.3) is 5.91 Å². The molecule has 2 atom stereocenters. The number of hydrogen-bond donors (Lipinski definition) is 0. The second kappa shape index (κ2) is 9.62. The fraction of sp³-hybridized carbons (Fsp3) is 0.385. The maximum absolute atomic E-state index is 13.1. The zero-order chi connectivity index (χ0) is 24.5. The molecule has 0 radical (unpaired) electrons. The van der Waals surface area contributed by atoms with Gasteiger partial charge in [-0.25, -0.2) is 8.42 Å². The van der Waals surface area contributed by atoms with Crippen LogP contribution in [0.25, 0.3) is 22.1 Å². The first-order valence-electron chi connectivity index (χ1n) is 11.5. The van der Waals surface area contributed by atoms with Gasteiger partial charge in [-0.3, -0.25) is 9.59 Å². The second-order valence-corrected chi connectivity index (χ2v) is 11.0. The molecule has 1 aliphatic rings. The minimum Gasteiger partial charge on any atom is -0.484 e. The highest BCUT2D eigenvalue weighted by Gasteiger charge is 2.36. The van der Waals surface area contributed by atoms with Gasteiger partial charge in [-0.1, -0.05) is 37.3 Å². The van der Waals surface area contributed by atoms with Gasteiger partial charge in [0.1, 0.15) is 17.1 Å². The lowest BCUT2D eigenvalue weighted by Crippen LogP contribution is -2.48. The van der Waals surface area contributed by atoms with Crippen molar-refractivity contribution in [3.05, 3.63) is 64.5 Å². The first-order chi connectivity index (χ1) is 16.2. The van der Waals surface area contributed by atoms with Crippen molar-refractivity contribution < 1.29 is 22.4 Å². The quantitative estimate of drug-likeness (QED) is 0.505. The van der Waals surface area contributed by atoms with Gasteiger partial charge in [0.05, 0.1) is 22.5 Å². The van der Waals surface area contributed by atoms with Crippen molar-refractivity contribution in [3.63, 3.8) is 0 Å². The van der Waals surface area contributed by atoms with E-state index in [1.54, 1.807) is 30.0 Å². The average molecular weight is 484 g/mol. The zero-order valence-electron chi connectivity index (χ0n) is 19.6. The molecular formula is C26H29NO6S. The predicted molar refractivity (Wildman–Crippen MR) is 132 cm³/mol. The number of aryl methyl sites for hydroxylation is 1. The third-order valence-electron chi connectivity index (χ3n) is 6.42. The van der Waals surface area contributed by atoms with E-state index < -0.39 is 9.84 Å². The number of hydrogen-bond acceptors (Lipinski definition) is 6. The van der Waals surface area contributed by atoms with Crippen LogP contribution in [0.2, 0.25) is 0 Å². The van der Waals surface area contributed by atoms with Gasteiger partial charge in [-0.15, -0.1) is 0 Å². The van der Waals surface area contributed by atoms with E-state index in [0.717, 1.165) is 5.56 Å². The maximum Gasteiger partial charge on any atom is 0.261 e. The molecule has 1 aromatic heterocycles. The number of rotatable bonds is 7. The summed E-state index contributed by atoms with van der Waals surface area (Å²) in [6.45, 7) is 5.41. The fourth-order valence-corrected chi connectivity index (χ4v) is 6.25. The summed E-state index contributed by atoms with van der Waals surface area (Å²) in [6, 6.07) is 13.8. The summed E-state index contributed by atoms with van der Waals surface area (Å²) in [4.78, 5) is 27.8. The number of benzene rings is 2. The first-order valence-corrected chi connectivity index (χ1v) is 13.3. The number of sulfone groups is 1. The van der Waals surface area contributed by atoms with E-state index in [0.29, 0.717) is 40.9 Å². The molecule has 0 saturated carbocycles. The Bertz CT molecular complexity index is 1360. The van der Waals surface area contributed by atoms with Gasteiger partial charge in [-0.2, -0.15) is 0 Å². The summed E-state index contributed by atoms with van der Waals surface area (Å²) >= 11 is 0. The maximum atomic E-state index is 13.1.